The summed E-state index contributed by atoms with van der Waals surface area (Å²) in [6.45, 7) is -1.05. The molecule has 10 atom stereocenters. The van der Waals surface area contributed by atoms with E-state index in [0.717, 1.165) is 10.8 Å². The lowest BCUT2D eigenvalue weighted by atomic mass is 9.95. The molecule has 10 heteroatoms. The molecular formula is C26H28O10. The van der Waals surface area contributed by atoms with Crippen LogP contribution >= 0.6 is 0 Å². The van der Waals surface area contributed by atoms with Crippen molar-refractivity contribution in [2.75, 3.05) is 13.2 Å². The molecule has 0 unspecified atom stereocenters. The first-order valence-electron chi connectivity index (χ1n) is 11.4. The van der Waals surface area contributed by atoms with Crippen LogP contribution in [0, 0.1) is 23.7 Å². The number of ether oxygens (including phenoxy) is 2. The second-order valence-corrected chi connectivity index (χ2v) is 8.81. The molecule has 0 radical (unpaired) electrons. The van der Waals surface area contributed by atoms with Crippen molar-refractivity contribution in [2.45, 2.75) is 61.0 Å². The molecule has 2 fully saturated rings. The van der Waals surface area contributed by atoms with E-state index >= 15 is 0 Å². The van der Waals surface area contributed by atoms with Crippen LogP contribution in [0.4, 0.5) is 0 Å². The summed E-state index contributed by atoms with van der Waals surface area (Å²) >= 11 is 0. The van der Waals surface area contributed by atoms with Crippen molar-refractivity contribution in [3.05, 3.63) is 47.5 Å². The quantitative estimate of drug-likeness (QED) is 0.201. The van der Waals surface area contributed by atoms with Crippen LogP contribution in [-0.4, -0.2) is 115 Å². The third-order valence-corrected chi connectivity index (χ3v) is 6.34. The van der Waals surface area contributed by atoms with Gasteiger partial charge in [0.2, 0.25) is 0 Å². The van der Waals surface area contributed by atoms with Gasteiger partial charge in [0.1, 0.15) is 61.0 Å². The predicted octanol–water partition coefficient (Wildman–Crippen LogP) is -2.77. The molecule has 2 aromatic rings. The molecule has 0 aliphatic carbocycles. The van der Waals surface area contributed by atoms with Gasteiger partial charge in [-0.05, 0) is 35.0 Å². The number of fused-ring (bicyclic) bond motifs is 1. The minimum absolute atomic E-state index is 0.527. The van der Waals surface area contributed by atoms with Crippen LogP contribution in [0.3, 0.4) is 0 Å². The minimum atomic E-state index is -1.49. The molecule has 2 aliphatic rings. The Bertz CT molecular complexity index is 1100. The van der Waals surface area contributed by atoms with Gasteiger partial charge >= 0.3 is 0 Å². The molecule has 2 aliphatic heterocycles. The van der Waals surface area contributed by atoms with Crippen LogP contribution in [0.1, 0.15) is 11.1 Å². The van der Waals surface area contributed by atoms with Crippen molar-refractivity contribution in [1.29, 1.82) is 0 Å². The largest absolute Gasteiger partial charge is 0.394 e. The molecule has 0 bridgehead atoms. The molecule has 192 valence electrons. The number of aliphatic hydroxyl groups excluding tert-OH is 8. The second-order valence-electron chi connectivity index (χ2n) is 8.81. The Hall–Kier alpha value is -2.58. The van der Waals surface area contributed by atoms with Crippen molar-refractivity contribution in [1.82, 2.24) is 0 Å². The van der Waals surface area contributed by atoms with Gasteiger partial charge in [-0.3, -0.25) is 0 Å². The minimum Gasteiger partial charge on any atom is -0.394 e. The highest BCUT2D eigenvalue weighted by Gasteiger charge is 2.43. The first-order valence-corrected chi connectivity index (χ1v) is 11.4. The SMILES string of the molecule is OC[C@H]1O[C@H](C#Cc2ccc3cc(C#C[C@H]4O[C@H](CO)[C@@H](O)[C@H](O)[C@@H]4O)ccc3c2)[C@@H](O)[C@@H](O)[C@@H]1O. The topological polar surface area (TPSA) is 180 Å². The number of hydrogen-bond donors (Lipinski definition) is 8. The third-order valence-electron chi connectivity index (χ3n) is 6.34. The van der Waals surface area contributed by atoms with Gasteiger partial charge in [0.15, 0.2) is 0 Å². The average Bonchev–Trinajstić information content (AvgIpc) is 2.89. The zero-order valence-electron chi connectivity index (χ0n) is 19.0. The van der Waals surface area contributed by atoms with Crippen molar-refractivity contribution in [3.63, 3.8) is 0 Å². The van der Waals surface area contributed by atoms with Crippen molar-refractivity contribution in [2.24, 2.45) is 0 Å². The summed E-state index contributed by atoms with van der Waals surface area (Å²) in [6, 6.07) is 10.7. The van der Waals surface area contributed by atoms with E-state index in [1.807, 2.05) is 12.1 Å². The molecular weight excluding hydrogens is 472 g/mol. The number of rotatable bonds is 2. The van der Waals surface area contributed by atoms with Gasteiger partial charge in [0, 0.05) is 11.1 Å². The first kappa shape index (κ1) is 26.5. The molecule has 0 spiro atoms. The van der Waals surface area contributed by atoms with E-state index in [2.05, 4.69) is 23.7 Å². The lowest BCUT2D eigenvalue weighted by Gasteiger charge is -2.37. The Kier molecular flexibility index (Phi) is 8.25. The molecule has 0 aromatic heterocycles. The molecule has 0 saturated carbocycles. The fourth-order valence-corrected chi connectivity index (χ4v) is 4.15. The van der Waals surface area contributed by atoms with E-state index in [0.29, 0.717) is 11.1 Å². The zero-order chi connectivity index (χ0) is 26.0. The summed E-state index contributed by atoms with van der Waals surface area (Å²) in [5, 5.41) is 80.1. The summed E-state index contributed by atoms with van der Waals surface area (Å²) in [5.74, 6) is 11.2. The highest BCUT2D eigenvalue weighted by Crippen LogP contribution is 2.23. The number of aliphatic hydroxyl groups is 8. The van der Waals surface area contributed by atoms with Gasteiger partial charge in [-0.1, -0.05) is 35.8 Å². The maximum absolute atomic E-state index is 10.1. The fraction of sp³-hybridized carbons (Fsp3) is 0.462. The van der Waals surface area contributed by atoms with E-state index in [9.17, 15) is 40.9 Å². The average molecular weight is 501 g/mol. The van der Waals surface area contributed by atoms with E-state index in [4.69, 9.17) is 9.47 Å². The highest BCUT2D eigenvalue weighted by atomic mass is 16.5. The Morgan fingerprint density at radius 3 is 1.31 bits per heavy atom. The first-order chi connectivity index (χ1) is 17.2. The molecule has 0 amide bonds. The number of benzene rings is 2. The predicted molar refractivity (Wildman–Crippen MR) is 125 cm³/mol. The number of hydrogen-bond acceptors (Lipinski definition) is 10. The Balaban J connectivity index is 1.50. The van der Waals surface area contributed by atoms with Crippen molar-refractivity contribution >= 4 is 10.8 Å². The molecule has 2 saturated heterocycles. The molecule has 36 heavy (non-hydrogen) atoms. The van der Waals surface area contributed by atoms with E-state index in [1.54, 1.807) is 24.3 Å². The van der Waals surface area contributed by atoms with Crippen LogP contribution in [-0.2, 0) is 9.47 Å². The Morgan fingerprint density at radius 1 is 0.556 bits per heavy atom. The van der Waals surface area contributed by atoms with Crippen LogP contribution in [0.5, 0.6) is 0 Å². The van der Waals surface area contributed by atoms with E-state index in [-0.39, 0.29) is 0 Å². The molecule has 2 heterocycles. The fourth-order valence-electron chi connectivity index (χ4n) is 4.15. The van der Waals surface area contributed by atoms with Crippen LogP contribution in [0.15, 0.2) is 36.4 Å². The molecule has 4 rings (SSSR count). The van der Waals surface area contributed by atoms with Crippen molar-refractivity contribution in [3.8, 4) is 23.7 Å². The van der Waals surface area contributed by atoms with Gasteiger partial charge in [-0.15, -0.1) is 0 Å². The second kappa shape index (κ2) is 11.2. The monoisotopic (exact) mass is 500 g/mol. The lowest BCUT2D eigenvalue weighted by Crippen LogP contribution is -2.58. The summed E-state index contributed by atoms with van der Waals surface area (Å²) in [5.41, 5.74) is 1.22. The smallest absolute Gasteiger partial charge is 0.147 e. The van der Waals surface area contributed by atoms with Gasteiger partial charge in [-0.2, -0.15) is 0 Å². The maximum Gasteiger partial charge on any atom is 0.147 e. The normalized spacial score (nSPS) is 36.4. The Morgan fingerprint density at radius 2 is 0.944 bits per heavy atom. The molecule has 8 N–H and O–H groups in total. The standard InChI is InChI=1S/C26H28O10/c27-11-19-23(31)25(33)21(29)17(35-19)7-3-13-1-5-15-10-14(2-6-16(15)9-13)4-8-18-22(30)26(34)24(32)20(12-28)36-18/h1-2,5-6,9-10,17-34H,11-12H2/t17-,18-,19-,20-,21-,22-,23-,24-,25-,26-/m1/s1. The highest BCUT2D eigenvalue weighted by molar-refractivity contribution is 5.85. The zero-order valence-corrected chi connectivity index (χ0v) is 19.0. The third kappa shape index (κ3) is 5.39. The summed E-state index contributed by atoms with van der Waals surface area (Å²) < 4.78 is 10.8. The van der Waals surface area contributed by atoms with Crippen LogP contribution in [0.25, 0.3) is 10.8 Å². The van der Waals surface area contributed by atoms with E-state index in [1.165, 1.54) is 0 Å². The van der Waals surface area contributed by atoms with Gasteiger partial charge in [0.25, 0.3) is 0 Å². The summed E-state index contributed by atoms with van der Waals surface area (Å²) in [4.78, 5) is 0. The molecule has 2 aromatic carbocycles. The lowest BCUT2D eigenvalue weighted by molar-refractivity contribution is -0.214. The van der Waals surface area contributed by atoms with Gasteiger partial charge < -0.3 is 50.3 Å². The summed E-state index contributed by atoms with van der Waals surface area (Å²) in [6.07, 6.45) is -13.0. The van der Waals surface area contributed by atoms with Gasteiger partial charge in [0.05, 0.1) is 13.2 Å². The van der Waals surface area contributed by atoms with Crippen LogP contribution < -0.4 is 0 Å². The summed E-state index contributed by atoms with van der Waals surface area (Å²) in [7, 11) is 0. The molecule has 10 nitrogen and oxygen atoms in total. The van der Waals surface area contributed by atoms with Gasteiger partial charge in [-0.25, -0.2) is 0 Å². The van der Waals surface area contributed by atoms with E-state index < -0.39 is 74.3 Å². The Labute approximate surface area is 207 Å². The van der Waals surface area contributed by atoms with Crippen LogP contribution in [0.2, 0.25) is 0 Å². The van der Waals surface area contributed by atoms with Crippen molar-refractivity contribution < 1.29 is 50.3 Å². The maximum atomic E-state index is 10.1.